The van der Waals surface area contributed by atoms with Gasteiger partial charge in [-0.2, -0.15) is 0 Å². The van der Waals surface area contributed by atoms with Crippen molar-refractivity contribution in [2.45, 2.75) is 52.4 Å². The van der Waals surface area contributed by atoms with Crippen LogP contribution in [0.1, 0.15) is 63.5 Å². The molecular weight excluding hydrogens is 344 g/mol. The monoisotopic (exact) mass is 378 g/mol. The summed E-state index contributed by atoms with van der Waals surface area (Å²) in [6, 6.07) is 21.0. The molecule has 0 heterocycles. The Balaban J connectivity index is 0.000000161. The van der Waals surface area contributed by atoms with Crippen molar-refractivity contribution in [3.05, 3.63) is 71.8 Å². The highest BCUT2D eigenvalue weighted by atomic mass is 16.3. The largest absolute Gasteiger partial charge is 0.396 e. The molecule has 0 saturated heterocycles. The van der Waals surface area contributed by atoms with Crippen LogP contribution in [0.25, 0.3) is 0 Å². The number of hydrogen-bond acceptors (Lipinski definition) is 2. The molecule has 2 aliphatic rings. The summed E-state index contributed by atoms with van der Waals surface area (Å²) < 4.78 is 0. The zero-order valence-corrected chi connectivity index (χ0v) is 17.6. The van der Waals surface area contributed by atoms with Gasteiger partial charge < -0.3 is 9.90 Å². The van der Waals surface area contributed by atoms with E-state index >= 15 is 0 Å². The molecule has 150 valence electrons. The molecule has 6 atom stereocenters. The van der Waals surface area contributed by atoms with Gasteiger partial charge in [0.15, 0.2) is 0 Å². The Hall–Kier alpha value is -1.93. The van der Waals surface area contributed by atoms with Crippen molar-refractivity contribution < 1.29 is 9.90 Å². The Morgan fingerprint density at radius 1 is 0.893 bits per heavy atom. The van der Waals surface area contributed by atoms with Gasteiger partial charge in [0.2, 0.25) is 0 Å². The Bertz CT molecular complexity index is 772. The minimum Gasteiger partial charge on any atom is -0.396 e. The van der Waals surface area contributed by atoms with E-state index in [4.69, 9.17) is 0 Å². The average molecular weight is 379 g/mol. The number of hydrogen-bond donors (Lipinski definition) is 1. The highest BCUT2D eigenvalue weighted by molar-refractivity contribution is 5.64. The Kier molecular flexibility index (Phi) is 6.09. The molecule has 2 saturated carbocycles. The third-order valence-electron chi connectivity index (χ3n) is 7.26. The van der Waals surface area contributed by atoms with Crippen LogP contribution >= 0.6 is 0 Å². The molecule has 0 aromatic heterocycles. The van der Waals surface area contributed by atoms with E-state index in [1.165, 1.54) is 17.5 Å². The lowest BCUT2D eigenvalue weighted by Gasteiger charge is -2.14. The minimum atomic E-state index is -0.0464. The summed E-state index contributed by atoms with van der Waals surface area (Å²) in [7, 11) is 0. The highest BCUT2D eigenvalue weighted by Gasteiger charge is 2.53. The maximum Gasteiger partial charge on any atom is 0.126 e. The van der Waals surface area contributed by atoms with Crippen LogP contribution in [0.4, 0.5) is 0 Å². The summed E-state index contributed by atoms with van der Waals surface area (Å²) in [6.07, 6.45) is 3.34. The summed E-state index contributed by atoms with van der Waals surface area (Å²) in [5.74, 6) is 2.29. The van der Waals surface area contributed by atoms with E-state index in [9.17, 15) is 9.90 Å². The SMILES string of the molecule is C[C@@H](c1ccccc1)[C@@H]1C[C@]1(C)C=O.C[C@@H](c1ccccc1)[C@@H]1C[C@]1(C)CO. The van der Waals surface area contributed by atoms with Crippen molar-refractivity contribution in [3.63, 3.8) is 0 Å². The predicted molar refractivity (Wildman–Crippen MR) is 115 cm³/mol. The third kappa shape index (κ3) is 4.38. The lowest BCUT2D eigenvalue weighted by molar-refractivity contribution is -0.112. The third-order valence-corrected chi connectivity index (χ3v) is 7.26. The van der Waals surface area contributed by atoms with Gasteiger partial charge in [-0.3, -0.25) is 0 Å². The molecular formula is C26H34O2. The molecule has 2 aliphatic carbocycles. The van der Waals surface area contributed by atoms with Gasteiger partial charge in [0, 0.05) is 12.0 Å². The molecule has 0 amide bonds. The summed E-state index contributed by atoms with van der Waals surface area (Å²) >= 11 is 0. The number of benzene rings is 2. The number of carbonyl (C=O) groups excluding carboxylic acids is 1. The quantitative estimate of drug-likeness (QED) is 0.643. The van der Waals surface area contributed by atoms with Gasteiger partial charge in [0.1, 0.15) is 6.29 Å². The first-order valence-corrected chi connectivity index (χ1v) is 10.5. The summed E-state index contributed by atoms with van der Waals surface area (Å²) in [5, 5.41) is 9.23. The maximum absolute atomic E-state index is 10.8. The van der Waals surface area contributed by atoms with Crippen LogP contribution in [0.2, 0.25) is 0 Å². The molecule has 4 rings (SSSR count). The van der Waals surface area contributed by atoms with Gasteiger partial charge >= 0.3 is 0 Å². The van der Waals surface area contributed by atoms with Crippen LogP contribution in [-0.2, 0) is 4.79 Å². The zero-order valence-electron chi connectivity index (χ0n) is 17.6. The second kappa shape index (κ2) is 8.21. The predicted octanol–water partition coefficient (Wildman–Crippen LogP) is 5.82. The first kappa shape index (κ1) is 20.8. The average Bonchev–Trinajstić information content (AvgIpc) is 3.64. The molecule has 0 radical (unpaired) electrons. The van der Waals surface area contributed by atoms with E-state index in [0.29, 0.717) is 30.3 Å². The standard InChI is InChI=1S/C13H18O.C13H16O/c2*1-10(11-6-4-3-5-7-11)12-8-13(12,2)9-14/h3-7,10,12,14H,8-9H2,1-2H3;3-7,9-10,12H,8H2,1-2H3/t2*10-,12-,13+/m00/s1. The highest BCUT2D eigenvalue weighted by Crippen LogP contribution is 2.58. The number of aliphatic hydroxyl groups excluding tert-OH is 1. The van der Waals surface area contributed by atoms with E-state index in [-0.39, 0.29) is 10.8 Å². The van der Waals surface area contributed by atoms with Gasteiger partial charge in [0.05, 0.1) is 0 Å². The van der Waals surface area contributed by atoms with Crippen LogP contribution in [0.3, 0.4) is 0 Å². The van der Waals surface area contributed by atoms with Crippen molar-refractivity contribution in [2.24, 2.45) is 22.7 Å². The maximum atomic E-state index is 10.8. The van der Waals surface area contributed by atoms with Gasteiger partial charge in [-0.05, 0) is 53.1 Å². The normalized spacial score (nSPS) is 32.5. The van der Waals surface area contributed by atoms with E-state index in [1.54, 1.807) is 0 Å². The van der Waals surface area contributed by atoms with Crippen LogP contribution in [0.5, 0.6) is 0 Å². The van der Waals surface area contributed by atoms with Crippen LogP contribution in [0, 0.1) is 22.7 Å². The van der Waals surface area contributed by atoms with Crippen molar-refractivity contribution in [1.29, 1.82) is 0 Å². The van der Waals surface area contributed by atoms with E-state index < -0.39 is 0 Å². The number of carbonyl (C=O) groups is 1. The lowest BCUT2D eigenvalue weighted by atomic mass is 9.91. The molecule has 2 fully saturated rings. The fourth-order valence-electron chi connectivity index (χ4n) is 4.68. The molecule has 2 nitrogen and oxygen atoms in total. The molecule has 2 aromatic rings. The summed E-state index contributed by atoms with van der Waals surface area (Å²) in [4.78, 5) is 10.8. The van der Waals surface area contributed by atoms with Crippen molar-refractivity contribution in [2.75, 3.05) is 6.61 Å². The second-order valence-corrected chi connectivity index (χ2v) is 9.46. The van der Waals surface area contributed by atoms with Gasteiger partial charge in [-0.15, -0.1) is 0 Å². The molecule has 0 unspecified atom stereocenters. The minimum absolute atomic E-state index is 0.0464. The van der Waals surface area contributed by atoms with Crippen LogP contribution in [0.15, 0.2) is 60.7 Å². The van der Waals surface area contributed by atoms with E-state index in [0.717, 1.165) is 12.7 Å². The number of aliphatic hydroxyl groups is 1. The number of rotatable bonds is 6. The second-order valence-electron chi connectivity index (χ2n) is 9.46. The van der Waals surface area contributed by atoms with Crippen molar-refractivity contribution in [1.82, 2.24) is 0 Å². The van der Waals surface area contributed by atoms with Gasteiger partial charge in [-0.25, -0.2) is 0 Å². The molecule has 0 aliphatic heterocycles. The van der Waals surface area contributed by atoms with Crippen molar-refractivity contribution in [3.8, 4) is 0 Å². The van der Waals surface area contributed by atoms with Crippen molar-refractivity contribution >= 4 is 6.29 Å². The first-order chi connectivity index (χ1) is 13.3. The lowest BCUT2D eigenvalue weighted by Crippen LogP contribution is -2.08. The Morgan fingerprint density at radius 2 is 1.36 bits per heavy atom. The van der Waals surface area contributed by atoms with Gasteiger partial charge in [0.25, 0.3) is 0 Å². The molecule has 0 spiro atoms. The van der Waals surface area contributed by atoms with E-state index in [2.05, 4.69) is 76.2 Å². The molecule has 1 N–H and O–H groups in total. The smallest absolute Gasteiger partial charge is 0.126 e. The van der Waals surface area contributed by atoms with E-state index in [1.807, 2.05) is 12.1 Å². The zero-order chi connectivity index (χ0) is 20.4. The fraction of sp³-hybridized carbons (Fsp3) is 0.500. The summed E-state index contributed by atoms with van der Waals surface area (Å²) in [5.41, 5.74) is 2.89. The topological polar surface area (TPSA) is 37.3 Å². The molecule has 2 aromatic carbocycles. The Morgan fingerprint density at radius 3 is 1.71 bits per heavy atom. The molecule has 2 heteroatoms. The first-order valence-electron chi connectivity index (χ1n) is 10.5. The summed E-state index contributed by atoms with van der Waals surface area (Å²) in [6.45, 7) is 9.05. The van der Waals surface area contributed by atoms with Crippen LogP contribution < -0.4 is 0 Å². The Labute approximate surface area is 170 Å². The van der Waals surface area contributed by atoms with Gasteiger partial charge in [-0.1, -0.05) is 88.4 Å². The molecule has 28 heavy (non-hydrogen) atoms. The van der Waals surface area contributed by atoms with Crippen LogP contribution in [-0.4, -0.2) is 18.0 Å². The fourth-order valence-corrected chi connectivity index (χ4v) is 4.68. The number of aldehydes is 1. The molecule has 0 bridgehead atoms.